The highest BCUT2D eigenvalue weighted by Crippen LogP contribution is 2.27. The first-order valence-electron chi connectivity index (χ1n) is 6.61. The van der Waals surface area contributed by atoms with Crippen LogP contribution in [0.25, 0.3) is 0 Å². The van der Waals surface area contributed by atoms with E-state index in [1.165, 1.54) is 14.2 Å². The molecule has 0 aliphatic carbocycles. The Morgan fingerprint density at radius 2 is 1.82 bits per heavy atom. The monoisotopic (exact) mass is 319 g/mol. The number of benzene rings is 1. The van der Waals surface area contributed by atoms with E-state index in [0.717, 1.165) is 5.56 Å². The summed E-state index contributed by atoms with van der Waals surface area (Å²) in [7, 11) is 4.58. The van der Waals surface area contributed by atoms with E-state index in [-0.39, 0.29) is 6.54 Å². The van der Waals surface area contributed by atoms with Crippen molar-refractivity contribution < 1.29 is 22.6 Å². The molecule has 0 atom stereocenters. The number of nitrogens with zero attached hydrogens (tertiary/aromatic N) is 1. The molecular formula is C14H20F3N3O2. The van der Waals surface area contributed by atoms with Crippen molar-refractivity contribution in [3.63, 3.8) is 0 Å². The Bertz CT molecular complexity index is 505. The van der Waals surface area contributed by atoms with Gasteiger partial charge in [0.1, 0.15) is 0 Å². The normalized spacial score (nSPS) is 12.0. The summed E-state index contributed by atoms with van der Waals surface area (Å²) >= 11 is 0. The van der Waals surface area contributed by atoms with Crippen LogP contribution in [0.5, 0.6) is 11.5 Å². The van der Waals surface area contributed by atoms with Crippen molar-refractivity contribution >= 4 is 5.96 Å². The van der Waals surface area contributed by atoms with Gasteiger partial charge in [0.15, 0.2) is 17.5 Å². The molecule has 0 aliphatic rings. The first-order valence-corrected chi connectivity index (χ1v) is 6.61. The van der Waals surface area contributed by atoms with Crippen molar-refractivity contribution in [3.05, 3.63) is 23.8 Å². The van der Waals surface area contributed by atoms with Gasteiger partial charge in [-0.2, -0.15) is 13.2 Å². The molecule has 124 valence electrons. The Hall–Kier alpha value is -2.12. The molecule has 0 unspecified atom stereocenters. The van der Waals surface area contributed by atoms with Crippen LogP contribution < -0.4 is 20.1 Å². The number of halogens is 3. The molecule has 1 aromatic carbocycles. The summed E-state index contributed by atoms with van der Waals surface area (Å²) in [5.41, 5.74) is 0.886. The predicted molar refractivity (Wildman–Crippen MR) is 78.4 cm³/mol. The molecule has 0 amide bonds. The van der Waals surface area contributed by atoms with Crippen molar-refractivity contribution in [3.8, 4) is 11.5 Å². The minimum Gasteiger partial charge on any atom is -0.493 e. The number of rotatable bonds is 6. The van der Waals surface area contributed by atoms with Gasteiger partial charge in [-0.1, -0.05) is 6.07 Å². The first kappa shape index (κ1) is 17.9. The fourth-order valence-corrected chi connectivity index (χ4v) is 1.72. The second kappa shape index (κ2) is 8.35. The summed E-state index contributed by atoms with van der Waals surface area (Å²) in [5, 5.41) is 5.55. The molecule has 0 radical (unpaired) electrons. The molecular weight excluding hydrogens is 299 g/mol. The minimum atomic E-state index is -4.19. The van der Waals surface area contributed by atoms with E-state index in [4.69, 9.17) is 9.47 Å². The number of ether oxygens (including phenoxy) is 2. The highest BCUT2D eigenvalue weighted by molar-refractivity contribution is 5.79. The molecule has 2 N–H and O–H groups in total. The standard InChI is InChI=1S/C14H20F3N3O2/c1-18-13(19-7-6-14(15,16)17)20-9-10-4-5-11(21-2)12(8-10)22-3/h4-5,8H,6-7,9H2,1-3H3,(H2,18,19,20). The summed E-state index contributed by atoms with van der Waals surface area (Å²) in [6.45, 7) is 0.168. The second-order valence-corrected chi connectivity index (χ2v) is 4.41. The van der Waals surface area contributed by atoms with E-state index in [0.29, 0.717) is 24.0 Å². The smallest absolute Gasteiger partial charge is 0.390 e. The molecule has 22 heavy (non-hydrogen) atoms. The largest absolute Gasteiger partial charge is 0.493 e. The Labute approximate surface area is 127 Å². The Kier molecular flexibility index (Phi) is 6.81. The lowest BCUT2D eigenvalue weighted by Gasteiger charge is -2.14. The van der Waals surface area contributed by atoms with Gasteiger partial charge in [-0.25, -0.2) is 0 Å². The molecule has 0 aromatic heterocycles. The molecule has 0 heterocycles. The number of aliphatic imine (C=N–C) groups is 1. The zero-order valence-corrected chi connectivity index (χ0v) is 12.8. The van der Waals surface area contributed by atoms with Crippen LogP contribution in [0.4, 0.5) is 13.2 Å². The van der Waals surface area contributed by atoms with Crippen LogP contribution in [0.3, 0.4) is 0 Å². The van der Waals surface area contributed by atoms with Crippen LogP contribution in [0.15, 0.2) is 23.2 Å². The van der Waals surface area contributed by atoms with Gasteiger partial charge in [0.2, 0.25) is 0 Å². The number of hydrogen-bond donors (Lipinski definition) is 2. The van der Waals surface area contributed by atoms with Crippen LogP contribution in [-0.4, -0.2) is 39.9 Å². The Morgan fingerprint density at radius 1 is 1.14 bits per heavy atom. The third-order valence-electron chi connectivity index (χ3n) is 2.83. The van der Waals surface area contributed by atoms with Gasteiger partial charge in [0.05, 0.1) is 20.6 Å². The second-order valence-electron chi connectivity index (χ2n) is 4.41. The Balaban J connectivity index is 2.53. The summed E-state index contributed by atoms with van der Waals surface area (Å²) in [4.78, 5) is 3.87. The highest BCUT2D eigenvalue weighted by Gasteiger charge is 2.26. The zero-order chi connectivity index (χ0) is 16.6. The lowest BCUT2D eigenvalue weighted by molar-refractivity contribution is -0.132. The molecule has 0 saturated heterocycles. The average molecular weight is 319 g/mol. The molecule has 0 aliphatic heterocycles. The zero-order valence-electron chi connectivity index (χ0n) is 12.8. The fourth-order valence-electron chi connectivity index (χ4n) is 1.72. The number of nitrogens with one attached hydrogen (secondary N) is 2. The van der Waals surface area contributed by atoms with Crippen molar-refractivity contribution in [1.29, 1.82) is 0 Å². The van der Waals surface area contributed by atoms with Gasteiger partial charge in [0, 0.05) is 20.1 Å². The molecule has 0 fully saturated rings. The third kappa shape index (κ3) is 6.11. The quantitative estimate of drug-likeness (QED) is 0.624. The van der Waals surface area contributed by atoms with E-state index in [1.54, 1.807) is 19.2 Å². The molecule has 1 aromatic rings. The lowest BCUT2D eigenvalue weighted by Crippen LogP contribution is -2.38. The molecule has 1 rings (SSSR count). The van der Waals surface area contributed by atoms with Gasteiger partial charge in [-0.15, -0.1) is 0 Å². The van der Waals surface area contributed by atoms with Gasteiger partial charge >= 0.3 is 6.18 Å². The number of methoxy groups -OCH3 is 2. The SMILES string of the molecule is CN=C(NCCC(F)(F)F)NCc1ccc(OC)c(OC)c1. The van der Waals surface area contributed by atoms with E-state index in [9.17, 15) is 13.2 Å². The van der Waals surface area contributed by atoms with E-state index in [2.05, 4.69) is 15.6 Å². The van der Waals surface area contributed by atoms with Crippen molar-refractivity contribution in [2.75, 3.05) is 27.8 Å². The highest BCUT2D eigenvalue weighted by atomic mass is 19.4. The van der Waals surface area contributed by atoms with Crippen LogP contribution in [0.2, 0.25) is 0 Å². The van der Waals surface area contributed by atoms with Crippen molar-refractivity contribution in [2.45, 2.75) is 19.1 Å². The van der Waals surface area contributed by atoms with Gasteiger partial charge in [-0.3, -0.25) is 4.99 Å². The van der Waals surface area contributed by atoms with Gasteiger partial charge < -0.3 is 20.1 Å². The molecule has 0 bridgehead atoms. The fraction of sp³-hybridized carbons (Fsp3) is 0.500. The van der Waals surface area contributed by atoms with Crippen LogP contribution in [-0.2, 0) is 6.54 Å². The number of guanidine groups is 1. The van der Waals surface area contributed by atoms with Gasteiger partial charge in [-0.05, 0) is 17.7 Å². The van der Waals surface area contributed by atoms with Crippen molar-refractivity contribution in [2.24, 2.45) is 4.99 Å². The summed E-state index contributed by atoms with van der Waals surface area (Å²) in [6, 6.07) is 5.38. The van der Waals surface area contributed by atoms with Crippen molar-refractivity contribution in [1.82, 2.24) is 10.6 Å². The van der Waals surface area contributed by atoms with Crippen LogP contribution in [0, 0.1) is 0 Å². The summed E-state index contributed by atoms with van der Waals surface area (Å²) in [5.74, 6) is 1.50. The van der Waals surface area contributed by atoms with E-state index in [1.807, 2.05) is 6.07 Å². The maximum atomic E-state index is 12.1. The minimum absolute atomic E-state index is 0.227. The number of alkyl halides is 3. The van der Waals surface area contributed by atoms with E-state index < -0.39 is 12.6 Å². The first-order chi connectivity index (χ1) is 10.4. The topological polar surface area (TPSA) is 54.9 Å². The molecule has 0 saturated carbocycles. The summed E-state index contributed by atoms with van der Waals surface area (Å²) < 4.78 is 46.6. The molecule has 0 spiro atoms. The third-order valence-corrected chi connectivity index (χ3v) is 2.83. The molecule has 8 heteroatoms. The van der Waals surface area contributed by atoms with Crippen LogP contribution >= 0.6 is 0 Å². The van der Waals surface area contributed by atoms with Gasteiger partial charge in [0.25, 0.3) is 0 Å². The molecule has 5 nitrogen and oxygen atoms in total. The maximum Gasteiger partial charge on any atom is 0.390 e. The van der Waals surface area contributed by atoms with E-state index >= 15 is 0 Å². The van der Waals surface area contributed by atoms with Crippen LogP contribution in [0.1, 0.15) is 12.0 Å². The number of hydrogen-bond acceptors (Lipinski definition) is 3. The Morgan fingerprint density at radius 3 is 2.36 bits per heavy atom. The summed E-state index contributed by atoms with van der Waals surface area (Å²) in [6.07, 6.45) is -5.10. The lowest BCUT2D eigenvalue weighted by atomic mass is 10.2. The maximum absolute atomic E-state index is 12.1. The predicted octanol–water partition coefficient (Wildman–Crippen LogP) is 2.32. The average Bonchev–Trinajstić information content (AvgIpc) is 2.49.